The predicted molar refractivity (Wildman–Crippen MR) is 140 cm³/mol. The van der Waals surface area contributed by atoms with Crippen LogP contribution in [0.5, 0.6) is 0 Å². The maximum absolute atomic E-state index is 14.3. The Morgan fingerprint density at radius 3 is 1.00 bits per heavy atom. The largest absolute Gasteiger partial charge is 0.586 e. The topological polar surface area (TPSA) is 0 Å². The molecule has 0 aliphatic carbocycles. The van der Waals surface area contributed by atoms with E-state index in [1.807, 2.05) is 84.9 Å². The number of benzene rings is 4. The highest BCUT2D eigenvalue weighted by Gasteiger charge is 2.54. The van der Waals surface area contributed by atoms with Gasteiger partial charge in [-0.1, -0.05) is 113 Å². The number of hydrogen-bond donors (Lipinski definition) is 0. The molecule has 0 aromatic heterocycles. The van der Waals surface area contributed by atoms with E-state index in [1.54, 1.807) is 24.3 Å². The summed E-state index contributed by atoms with van der Waals surface area (Å²) in [6.07, 6.45) is 0. The van der Waals surface area contributed by atoms with Crippen molar-refractivity contribution in [1.29, 1.82) is 0 Å². The monoisotopic (exact) mass is 491 g/mol. The molecular formula is C31H30F3S+. The third-order valence-electron chi connectivity index (χ3n) is 6.85. The highest BCUT2D eigenvalue weighted by molar-refractivity contribution is 7.97. The van der Waals surface area contributed by atoms with Crippen LogP contribution < -0.4 is 0 Å². The molecule has 180 valence electrons. The Morgan fingerprint density at radius 1 is 0.429 bits per heavy atom. The van der Waals surface area contributed by atoms with Crippen LogP contribution >= 0.6 is 0 Å². The molecule has 4 heteroatoms. The summed E-state index contributed by atoms with van der Waals surface area (Å²) in [4.78, 5) is 0.556. The van der Waals surface area contributed by atoms with Crippen molar-refractivity contribution in [3.8, 4) is 0 Å². The number of hydrogen-bond acceptors (Lipinski definition) is 0. The smallest absolute Gasteiger partial charge is 0.122 e. The van der Waals surface area contributed by atoms with Crippen LogP contribution in [0.15, 0.2) is 119 Å². The normalized spacial score (nSPS) is 12.7. The molecule has 0 radical (unpaired) electrons. The summed E-state index contributed by atoms with van der Waals surface area (Å²) >= 11 is 0. The van der Waals surface area contributed by atoms with Crippen molar-refractivity contribution in [2.75, 3.05) is 0 Å². The molecule has 0 amide bonds. The van der Waals surface area contributed by atoms with Crippen LogP contribution in [-0.2, 0) is 21.7 Å². The third-order valence-corrected chi connectivity index (χ3v) is 8.80. The molecule has 0 unspecified atom stereocenters. The van der Waals surface area contributed by atoms with Crippen molar-refractivity contribution >= 4 is 10.9 Å². The maximum atomic E-state index is 14.3. The lowest BCUT2D eigenvalue weighted by Crippen LogP contribution is -2.25. The molecule has 0 aliphatic heterocycles. The Labute approximate surface area is 209 Å². The van der Waals surface area contributed by atoms with Crippen molar-refractivity contribution in [3.05, 3.63) is 131 Å². The number of halogens is 3. The molecule has 35 heavy (non-hydrogen) atoms. The quantitative estimate of drug-likeness (QED) is 0.236. The van der Waals surface area contributed by atoms with Crippen LogP contribution in [0.1, 0.15) is 49.9 Å². The van der Waals surface area contributed by atoms with E-state index < -0.39 is 16.4 Å². The van der Waals surface area contributed by atoms with E-state index in [4.69, 9.17) is 0 Å². The lowest BCUT2D eigenvalue weighted by Gasteiger charge is -2.26. The lowest BCUT2D eigenvalue weighted by molar-refractivity contribution is -0.0370. The Hall–Kier alpha value is -2.98. The van der Waals surface area contributed by atoms with Crippen LogP contribution in [0.4, 0.5) is 13.2 Å². The van der Waals surface area contributed by atoms with E-state index in [2.05, 4.69) is 27.7 Å². The number of rotatable bonds is 6. The second-order valence-corrected chi connectivity index (χ2v) is 11.8. The molecule has 0 aliphatic rings. The fourth-order valence-electron chi connectivity index (χ4n) is 4.46. The van der Waals surface area contributed by atoms with Gasteiger partial charge in [0, 0.05) is 10.8 Å². The summed E-state index contributed by atoms with van der Waals surface area (Å²) < 4.78 is 42.9. The molecular weight excluding hydrogens is 461 g/mol. The Bertz CT molecular complexity index is 1150. The van der Waals surface area contributed by atoms with Crippen LogP contribution in [0.2, 0.25) is 0 Å². The fourth-order valence-corrected chi connectivity index (χ4v) is 6.08. The number of alkyl halides is 3. The minimum Gasteiger partial charge on any atom is -0.122 e. The van der Waals surface area contributed by atoms with Gasteiger partial charge in [-0.05, 0) is 46.5 Å². The van der Waals surface area contributed by atoms with Gasteiger partial charge in [0.2, 0.25) is 0 Å². The summed E-state index contributed by atoms with van der Waals surface area (Å²) in [5.41, 5.74) is -0.759. The van der Waals surface area contributed by atoms with E-state index in [1.165, 1.54) is 0 Å². The highest BCUT2D eigenvalue weighted by atomic mass is 32.2. The zero-order chi connectivity index (χ0) is 25.3. The minimum atomic E-state index is -4.37. The second kappa shape index (κ2) is 9.58. The zero-order valence-corrected chi connectivity index (χ0v) is 21.3. The Morgan fingerprint density at radius 2 is 0.714 bits per heavy atom. The van der Waals surface area contributed by atoms with Gasteiger partial charge >= 0.3 is 5.51 Å². The average molecular weight is 492 g/mol. The van der Waals surface area contributed by atoms with Gasteiger partial charge in [-0.25, -0.2) is 0 Å². The first-order valence-corrected chi connectivity index (χ1v) is 12.9. The molecule has 0 saturated heterocycles. The third kappa shape index (κ3) is 5.18. The minimum absolute atomic E-state index is 0.278. The Kier molecular flexibility index (Phi) is 6.88. The summed E-state index contributed by atoms with van der Waals surface area (Å²) in [7, 11) is -2.03. The molecule has 0 heterocycles. The molecule has 0 bridgehead atoms. The van der Waals surface area contributed by atoms with Gasteiger partial charge in [-0.2, -0.15) is 0 Å². The van der Waals surface area contributed by atoms with Crippen molar-refractivity contribution < 1.29 is 13.2 Å². The predicted octanol–water partition coefficient (Wildman–Crippen LogP) is 8.89. The van der Waals surface area contributed by atoms with Gasteiger partial charge < -0.3 is 0 Å². The molecule has 0 N–H and O–H groups in total. The first kappa shape index (κ1) is 25.1. The van der Waals surface area contributed by atoms with E-state index >= 15 is 0 Å². The first-order chi connectivity index (χ1) is 16.5. The van der Waals surface area contributed by atoms with Gasteiger partial charge in [0.05, 0.1) is 0 Å². The molecule has 0 atom stereocenters. The van der Waals surface area contributed by atoms with Gasteiger partial charge in [-0.3, -0.25) is 0 Å². The van der Waals surface area contributed by atoms with Gasteiger partial charge in [-0.15, -0.1) is 13.2 Å². The van der Waals surface area contributed by atoms with Crippen molar-refractivity contribution in [3.63, 3.8) is 0 Å². The maximum Gasteiger partial charge on any atom is 0.586 e. The molecule has 4 aromatic carbocycles. The van der Waals surface area contributed by atoms with Gasteiger partial charge in [0.25, 0.3) is 0 Å². The van der Waals surface area contributed by atoms with Crippen molar-refractivity contribution in [1.82, 2.24) is 0 Å². The van der Waals surface area contributed by atoms with E-state index in [0.717, 1.165) is 22.3 Å². The van der Waals surface area contributed by atoms with Crippen molar-refractivity contribution in [2.45, 2.75) is 53.8 Å². The molecule has 0 spiro atoms. The summed E-state index contributed by atoms with van der Waals surface area (Å²) in [6, 6.07) is 33.9. The zero-order valence-electron chi connectivity index (χ0n) is 20.4. The fraction of sp³-hybridized carbons (Fsp3) is 0.226. The SMILES string of the molecule is CC(C)(c1ccccc1)c1ccc([S+](c2ccc(C(C)(C)c3ccccc3)cc2)C(F)(F)F)cc1. The molecule has 0 fully saturated rings. The molecule has 0 nitrogen and oxygen atoms in total. The van der Waals surface area contributed by atoms with Crippen LogP contribution in [0.3, 0.4) is 0 Å². The van der Waals surface area contributed by atoms with Gasteiger partial charge in [0.1, 0.15) is 0 Å². The molecule has 4 rings (SSSR count). The first-order valence-electron chi connectivity index (χ1n) is 11.6. The molecule has 4 aromatic rings. The van der Waals surface area contributed by atoms with Crippen LogP contribution in [0.25, 0.3) is 0 Å². The second-order valence-electron chi connectivity index (χ2n) is 9.78. The van der Waals surface area contributed by atoms with E-state index in [0.29, 0.717) is 0 Å². The summed E-state index contributed by atoms with van der Waals surface area (Å²) in [6.45, 7) is 8.37. The Balaban J connectivity index is 1.66. The molecule has 0 saturated carbocycles. The highest BCUT2D eigenvalue weighted by Crippen LogP contribution is 2.41. The summed E-state index contributed by atoms with van der Waals surface area (Å²) in [5, 5.41) is 0. The van der Waals surface area contributed by atoms with Crippen molar-refractivity contribution in [2.24, 2.45) is 0 Å². The van der Waals surface area contributed by atoms with Crippen LogP contribution in [0, 0.1) is 0 Å². The summed E-state index contributed by atoms with van der Waals surface area (Å²) in [5.74, 6) is 0. The standard InChI is InChI=1S/C31H30F3S/c1-29(2,23-11-7-5-8-12-23)25-15-19-27(20-16-25)35(31(32,33)34)28-21-17-26(18-22-28)30(3,4)24-13-9-6-10-14-24/h5-22H,1-4H3/q+1. The van der Waals surface area contributed by atoms with Crippen LogP contribution in [-0.4, -0.2) is 5.51 Å². The van der Waals surface area contributed by atoms with E-state index in [9.17, 15) is 13.2 Å². The van der Waals surface area contributed by atoms with E-state index in [-0.39, 0.29) is 20.6 Å². The lowest BCUT2D eigenvalue weighted by atomic mass is 9.78. The average Bonchev–Trinajstić information content (AvgIpc) is 2.85. The van der Waals surface area contributed by atoms with Gasteiger partial charge in [0.15, 0.2) is 20.7 Å².